The number of piperidine rings is 1. The number of β-amino-alcohol motifs (C(OH)–C–C–N with tert-alkyl or cyclic N) is 1. The van der Waals surface area contributed by atoms with E-state index in [9.17, 15) is 23.4 Å². The van der Waals surface area contributed by atoms with Crippen LogP contribution in [0.3, 0.4) is 0 Å². The molecule has 0 bridgehead atoms. The highest BCUT2D eigenvalue weighted by molar-refractivity contribution is 5.31. The van der Waals surface area contributed by atoms with Crippen molar-refractivity contribution < 1.29 is 23.4 Å². The van der Waals surface area contributed by atoms with Crippen molar-refractivity contribution in [2.75, 3.05) is 19.6 Å². The second-order valence-electron chi connectivity index (χ2n) is 7.09. The number of nitrogens with zero attached hydrogens (tertiary/aromatic N) is 1. The highest BCUT2D eigenvalue weighted by Crippen LogP contribution is 2.35. The fourth-order valence-corrected chi connectivity index (χ4v) is 3.76. The third-order valence-corrected chi connectivity index (χ3v) is 5.28. The van der Waals surface area contributed by atoms with Crippen LogP contribution in [0.1, 0.15) is 41.7 Å². The normalized spacial score (nSPS) is 19.0. The van der Waals surface area contributed by atoms with Gasteiger partial charge in [0, 0.05) is 6.54 Å². The van der Waals surface area contributed by atoms with E-state index in [2.05, 4.69) is 0 Å². The molecule has 0 amide bonds. The highest BCUT2D eigenvalue weighted by Gasteiger charge is 2.35. The number of hydrogen-bond acceptors (Lipinski definition) is 3. The van der Waals surface area contributed by atoms with Crippen molar-refractivity contribution in [3.63, 3.8) is 0 Å². The van der Waals surface area contributed by atoms with Gasteiger partial charge in [0.25, 0.3) is 0 Å². The molecule has 2 N–H and O–H groups in total. The number of hydrogen-bond donors (Lipinski definition) is 2. The van der Waals surface area contributed by atoms with Crippen molar-refractivity contribution in [1.82, 2.24) is 4.90 Å². The van der Waals surface area contributed by atoms with Gasteiger partial charge in [0.15, 0.2) is 0 Å². The lowest BCUT2D eigenvalue weighted by molar-refractivity contribution is -0.139. The van der Waals surface area contributed by atoms with Gasteiger partial charge in [0.2, 0.25) is 0 Å². The third-order valence-electron chi connectivity index (χ3n) is 5.28. The number of rotatable bonds is 5. The van der Waals surface area contributed by atoms with Gasteiger partial charge in [0.05, 0.1) is 17.8 Å². The lowest BCUT2D eigenvalue weighted by Gasteiger charge is -2.35. The summed E-state index contributed by atoms with van der Waals surface area (Å²) in [5.41, 5.74) is 0.0124. The number of benzene rings is 2. The Morgan fingerprint density at radius 1 is 0.926 bits per heavy atom. The van der Waals surface area contributed by atoms with Gasteiger partial charge in [-0.1, -0.05) is 48.5 Å². The van der Waals surface area contributed by atoms with Gasteiger partial charge in [-0.3, -0.25) is 0 Å². The first kappa shape index (κ1) is 19.9. The molecule has 2 aromatic rings. The van der Waals surface area contributed by atoms with Crippen molar-refractivity contribution in [1.29, 1.82) is 0 Å². The molecule has 0 saturated carbocycles. The Morgan fingerprint density at radius 3 is 2.15 bits per heavy atom. The molecule has 0 spiro atoms. The summed E-state index contributed by atoms with van der Waals surface area (Å²) in [5, 5.41) is 20.9. The Kier molecular flexibility index (Phi) is 6.19. The zero-order valence-corrected chi connectivity index (χ0v) is 14.9. The minimum Gasteiger partial charge on any atom is -0.388 e. The van der Waals surface area contributed by atoms with Gasteiger partial charge in [-0.2, -0.15) is 13.2 Å². The molecule has 146 valence electrons. The zero-order valence-electron chi connectivity index (χ0n) is 14.9. The second-order valence-corrected chi connectivity index (χ2v) is 7.09. The lowest BCUT2D eigenvalue weighted by Crippen LogP contribution is -2.38. The SMILES string of the molecule is O[C@H](c1ccccc1)C1CCN(C[C@H](O)c2ccccc2C(F)(F)F)CC1. The summed E-state index contributed by atoms with van der Waals surface area (Å²) in [4.78, 5) is 1.96. The molecule has 3 nitrogen and oxygen atoms in total. The fraction of sp³-hybridized carbons (Fsp3) is 0.429. The van der Waals surface area contributed by atoms with Crippen LogP contribution in [-0.2, 0) is 6.18 Å². The van der Waals surface area contributed by atoms with E-state index in [1.54, 1.807) is 0 Å². The molecule has 1 heterocycles. The van der Waals surface area contributed by atoms with Gasteiger partial charge >= 0.3 is 6.18 Å². The Balaban J connectivity index is 1.58. The molecule has 1 aliphatic heterocycles. The molecule has 27 heavy (non-hydrogen) atoms. The molecule has 0 aromatic heterocycles. The van der Waals surface area contributed by atoms with Crippen LogP contribution in [-0.4, -0.2) is 34.7 Å². The average molecular weight is 379 g/mol. The van der Waals surface area contributed by atoms with Gasteiger partial charge in [-0.25, -0.2) is 0 Å². The summed E-state index contributed by atoms with van der Waals surface area (Å²) < 4.78 is 39.4. The van der Waals surface area contributed by atoms with E-state index in [0.29, 0.717) is 13.1 Å². The molecule has 1 aliphatic rings. The van der Waals surface area contributed by atoms with Crippen molar-refractivity contribution in [3.8, 4) is 0 Å². The molecule has 1 saturated heterocycles. The quantitative estimate of drug-likeness (QED) is 0.819. The molecule has 3 rings (SSSR count). The van der Waals surface area contributed by atoms with Gasteiger partial charge in [0.1, 0.15) is 0 Å². The van der Waals surface area contributed by atoms with Crippen LogP contribution in [0.15, 0.2) is 54.6 Å². The Bertz CT molecular complexity index is 728. The summed E-state index contributed by atoms with van der Waals surface area (Å²) in [7, 11) is 0. The molecular weight excluding hydrogens is 355 g/mol. The molecule has 6 heteroatoms. The first-order valence-electron chi connectivity index (χ1n) is 9.16. The monoisotopic (exact) mass is 379 g/mol. The number of alkyl halides is 3. The van der Waals surface area contributed by atoms with E-state index in [0.717, 1.165) is 24.5 Å². The molecule has 2 atom stereocenters. The van der Waals surface area contributed by atoms with E-state index in [4.69, 9.17) is 0 Å². The van der Waals surface area contributed by atoms with Crippen LogP contribution in [0.25, 0.3) is 0 Å². The smallest absolute Gasteiger partial charge is 0.388 e. The number of halogens is 3. The van der Waals surface area contributed by atoms with E-state index in [1.165, 1.54) is 18.2 Å². The first-order valence-corrected chi connectivity index (χ1v) is 9.16. The number of aliphatic hydroxyl groups excluding tert-OH is 2. The van der Waals surface area contributed by atoms with Crippen LogP contribution in [0.4, 0.5) is 13.2 Å². The molecule has 0 unspecified atom stereocenters. The number of aliphatic hydroxyl groups is 2. The minimum atomic E-state index is -4.48. The maximum Gasteiger partial charge on any atom is 0.416 e. The van der Waals surface area contributed by atoms with Crippen molar-refractivity contribution >= 4 is 0 Å². The summed E-state index contributed by atoms with van der Waals surface area (Å²) in [6.07, 6.45) is -4.74. The molecule has 0 radical (unpaired) electrons. The molecule has 0 aliphatic carbocycles. The Hall–Kier alpha value is -1.89. The third kappa shape index (κ3) is 4.89. The van der Waals surface area contributed by atoms with E-state index in [1.807, 2.05) is 35.2 Å². The summed E-state index contributed by atoms with van der Waals surface area (Å²) >= 11 is 0. The van der Waals surface area contributed by atoms with Crippen LogP contribution in [0.5, 0.6) is 0 Å². The highest BCUT2D eigenvalue weighted by atomic mass is 19.4. The molecule has 2 aromatic carbocycles. The predicted octanol–water partition coefficient (Wildman–Crippen LogP) is 4.18. The second kappa shape index (κ2) is 8.42. The summed E-state index contributed by atoms with van der Waals surface area (Å²) in [6.45, 7) is 1.43. The summed E-state index contributed by atoms with van der Waals surface area (Å²) in [6, 6.07) is 14.7. The van der Waals surface area contributed by atoms with Crippen LogP contribution in [0.2, 0.25) is 0 Å². The van der Waals surface area contributed by atoms with Crippen LogP contribution >= 0.6 is 0 Å². The maximum absolute atomic E-state index is 13.1. The Labute approximate surface area is 157 Å². The topological polar surface area (TPSA) is 43.7 Å². The predicted molar refractivity (Wildman–Crippen MR) is 97.0 cm³/mol. The first-order chi connectivity index (χ1) is 12.9. The zero-order chi connectivity index (χ0) is 19.4. The minimum absolute atomic E-state index is 0.0866. The van der Waals surface area contributed by atoms with Crippen molar-refractivity contribution in [3.05, 3.63) is 71.3 Å². The van der Waals surface area contributed by atoms with Gasteiger partial charge < -0.3 is 15.1 Å². The van der Waals surface area contributed by atoms with Crippen LogP contribution < -0.4 is 0 Å². The largest absolute Gasteiger partial charge is 0.416 e. The van der Waals surface area contributed by atoms with Gasteiger partial charge in [-0.05, 0) is 49.0 Å². The molecule has 1 fully saturated rings. The van der Waals surface area contributed by atoms with Crippen molar-refractivity contribution in [2.45, 2.75) is 31.2 Å². The fourth-order valence-electron chi connectivity index (χ4n) is 3.76. The van der Waals surface area contributed by atoms with E-state index >= 15 is 0 Å². The standard InChI is InChI=1S/C21H24F3NO2/c22-21(23,24)18-9-5-4-8-17(18)19(26)14-25-12-10-16(11-13-25)20(27)15-6-2-1-3-7-15/h1-9,16,19-20,26-27H,10-14H2/t19-,20+/m0/s1. The summed E-state index contributed by atoms with van der Waals surface area (Å²) in [5.74, 6) is 0.114. The lowest BCUT2D eigenvalue weighted by atomic mass is 9.87. The number of likely N-dealkylation sites (tertiary alicyclic amines) is 1. The maximum atomic E-state index is 13.1. The van der Waals surface area contributed by atoms with Gasteiger partial charge in [-0.15, -0.1) is 0 Å². The van der Waals surface area contributed by atoms with Crippen LogP contribution in [0, 0.1) is 5.92 Å². The van der Waals surface area contributed by atoms with E-state index in [-0.39, 0.29) is 18.0 Å². The Morgan fingerprint density at radius 2 is 1.52 bits per heavy atom. The average Bonchev–Trinajstić information content (AvgIpc) is 2.68. The molecular formula is C21H24F3NO2. The van der Waals surface area contributed by atoms with Crippen molar-refractivity contribution in [2.24, 2.45) is 5.92 Å². The van der Waals surface area contributed by atoms with E-state index < -0.39 is 23.9 Å².